The van der Waals surface area contributed by atoms with Crippen LogP contribution in [0.5, 0.6) is 0 Å². The average Bonchev–Trinajstić information content (AvgIpc) is 2.37. The number of hydrogen-bond acceptors (Lipinski definition) is 2. The Labute approximate surface area is 126 Å². The van der Waals surface area contributed by atoms with E-state index in [0.29, 0.717) is 22.7 Å². The van der Waals surface area contributed by atoms with Crippen LogP contribution in [-0.2, 0) is 0 Å². The Morgan fingerprint density at radius 3 is 2.45 bits per heavy atom. The van der Waals surface area contributed by atoms with E-state index in [9.17, 15) is 4.39 Å². The van der Waals surface area contributed by atoms with Gasteiger partial charge in [0.1, 0.15) is 10.8 Å². The first-order valence-electron chi connectivity index (χ1n) is 7.12. The molecule has 1 saturated carbocycles. The van der Waals surface area contributed by atoms with Gasteiger partial charge in [-0.15, -0.1) is 0 Å². The minimum Gasteiger partial charge on any atom is -0.389 e. The van der Waals surface area contributed by atoms with Crippen LogP contribution < -0.4 is 10.6 Å². The zero-order chi connectivity index (χ0) is 14.9. The number of nitrogens with two attached hydrogens (primary N) is 1. The Kier molecular flexibility index (Phi) is 4.33. The van der Waals surface area contributed by atoms with Crippen LogP contribution >= 0.6 is 12.2 Å². The van der Waals surface area contributed by atoms with Crippen molar-refractivity contribution in [2.45, 2.75) is 45.6 Å². The Balaban J connectivity index is 2.13. The van der Waals surface area contributed by atoms with Crippen molar-refractivity contribution in [2.24, 2.45) is 11.1 Å². The summed E-state index contributed by atoms with van der Waals surface area (Å²) in [5, 5.41) is 0. The number of halogens is 1. The van der Waals surface area contributed by atoms with E-state index in [0.717, 1.165) is 12.8 Å². The van der Waals surface area contributed by atoms with Gasteiger partial charge in [-0.05, 0) is 49.3 Å². The summed E-state index contributed by atoms with van der Waals surface area (Å²) in [4.78, 5) is 2.30. The van der Waals surface area contributed by atoms with E-state index >= 15 is 0 Å². The first-order valence-corrected chi connectivity index (χ1v) is 7.53. The third kappa shape index (κ3) is 3.29. The van der Waals surface area contributed by atoms with E-state index in [-0.39, 0.29) is 10.8 Å². The number of rotatable bonds is 3. The van der Waals surface area contributed by atoms with Crippen molar-refractivity contribution in [1.29, 1.82) is 0 Å². The second kappa shape index (κ2) is 5.68. The molecule has 1 aliphatic rings. The van der Waals surface area contributed by atoms with E-state index < -0.39 is 0 Å². The Morgan fingerprint density at radius 2 is 1.95 bits per heavy atom. The van der Waals surface area contributed by atoms with E-state index in [2.05, 4.69) is 18.7 Å². The van der Waals surface area contributed by atoms with E-state index in [4.69, 9.17) is 18.0 Å². The van der Waals surface area contributed by atoms with Crippen molar-refractivity contribution in [2.75, 3.05) is 11.9 Å². The summed E-state index contributed by atoms with van der Waals surface area (Å²) in [6.07, 6.45) is 4.60. The van der Waals surface area contributed by atoms with Gasteiger partial charge in [-0.1, -0.05) is 26.1 Å². The monoisotopic (exact) mass is 294 g/mol. The summed E-state index contributed by atoms with van der Waals surface area (Å²) in [6, 6.07) is 5.42. The van der Waals surface area contributed by atoms with Gasteiger partial charge < -0.3 is 10.6 Å². The fourth-order valence-electron chi connectivity index (χ4n) is 2.91. The zero-order valence-electron chi connectivity index (χ0n) is 12.4. The topological polar surface area (TPSA) is 29.3 Å². The van der Waals surface area contributed by atoms with Gasteiger partial charge in [0.15, 0.2) is 0 Å². The molecule has 0 heterocycles. The quantitative estimate of drug-likeness (QED) is 0.858. The summed E-state index contributed by atoms with van der Waals surface area (Å²) < 4.78 is 14.2. The first kappa shape index (κ1) is 15.2. The number of thiocarbonyl (C=S) groups is 1. The molecule has 2 nitrogen and oxygen atoms in total. The number of benzene rings is 1. The van der Waals surface area contributed by atoms with Gasteiger partial charge in [0.25, 0.3) is 0 Å². The maximum atomic E-state index is 14.2. The molecule has 0 unspecified atom stereocenters. The first-order chi connectivity index (χ1) is 9.30. The molecule has 1 aromatic carbocycles. The van der Waals surface area contributed by atoms with E-state index in [1.165, 1.54) is 18.9 Å². The van der Waals surface area contributed by atoms with Crippen LogP contribution in [0.2, 0.25) is 0 Å². The van der Waals surface area contributed by atoms with Gasteiger partial charge in [-0.3, -0.25) is 0 Å². The molecule has 0 amide bonds. The van der Waals surface area contributed by atoms with Crippen molar-refractivity contribution in [1.82, 2.24) is 0 Å². The van der Waals surface area contributed by atoms with Crippen LogP contribution in [0.25, 0.3) is 0 Å². The van der Waals surface area contributed by atoms with E-state index in [1.54, 1.807) is 12.1 Å². The molecule has 110 valence electrons. The number of nitrogens with zero attached hydrogens (tertiary/aromatic N) is 1. The molecule has 20 heavy (non-hydrogen) atoms. The summed E-state index contributed by atoms with van der Waals surface area (Å²) >= 11 is 4.88. The Hall–Kier alpha value is -1.16. The van der Waals surface area contributed by atoms with Gasteiger partial charge in [0.2, 0.25) is 0 Å². The molecular formula is C16H23FN2S. The summed E-state index contributed by atoms with van der Waals surface area (Å²) in [5.74, 6) is -0.248. The fraction of sp³-hybridized carbons (Fsp3) is 0.562. The largest absolute Gasteiger partial charge is 0.389 e. The van der Waals surface area contributed by atoms with Gasteiger partial charge >= 0.3 is 0 Å². The molecule has 1 aromatic rings. The second-order valence-electron chi connectivity index (χ2n) is 6.54. The second-order valence-corrected chi connectivity index (χ2v) is 6.98. The highest BCUT2D eigenvalue weighted by atomic mass is 32.1. The molecule has 4 heteroatoms. The maximum absolute atomic E-state index is 14.2. The average molecular weight is 294 g/mol. The predicted molar refractivity (Wildman–Crippen MR) is 86.7 cm³/mol. The molecule has 1 aliphatic carbocycles. The summed E-state index contributed by atoms with van der Waals surface area (Å²) in [6.45, 7) is 4.61. The standard InChI is InChI=1S/C16H23FN2S/c1-16(2)8-6-12(7-9-16)19(3)14-5-4-11(15(18)20)10-13(14)17/h4-5,10,12H,6-9H2,1-3H3,(H2,18,20). The number of hydrogen-bond donors (Lipinski definition) is 1. The van der Waals surface area contributed by atoms with Gasteiger partial charge in [0.05, 0.1) is 5.69 Å². The lowest BCUT2D eigenvalue weighted by Crippen LogP contribution is -2.37. The lowest BCUT2D eigenvalue weighted by atomic mass is 9.75. The van der Waals surface area contributed by atoms with Gasteiger partial charge in [0, 0.05) is 18.7 Å². The summed E-state index contributed by atoms with van der Waals surface area (Å²) in [7, 11) is 1.97. The highest BCUT2D eigenvalue weighted by molar-refractivity contribution is 7.80. The lowest BCUT2D eigenvalue weighted by Gasteiger charge is -2.39. The molecule has 0 radical (unpaired) electrons. The molecule has 0 spiro atoms. The molecule has 0 aromatic heterocycles. The van der Waals surface area contributed by atoms with Gasteiger partial charge in [-0.25, -0.2) is 4.39 Å². The highest BCUT2D eigenvalue weighted by Gasteiger charge is 2.29. The zero-order valence-corrected chi connectivity index (χ0v) is 13.3. The minimum atomic E-state index is -0.248. The van der Waals surface area contributed by atoms with Crippen molar-refractivity contribution in [3.8, 4) is 0 Å². The third-order valence-corrected chi connectivity index (χ3v) is 4.70. The Morgan fingerprint density at radius 1 is 1.35 bits per heavy atom. The molecule has 0 saturated heterocycles. The van der Waals surface area contributed by atoms with Crippen molar-refractivity contribution in [3.05, 3.63) is 29.6 Å². The summed E-state index contributed by atoms with van der Waals surface area (Å²) in [5.41, 5.74) is 7.17. The third-order valence-electron chi connectivity index (χ3n) is 4.47. The van der Waals surface area contributed by atoms with Crippen LogP contribution in [-0.4, -0.2) is 18.1 Å². The molecule has 2 rings (SSSR count). The fourth-order valence-corrected chi connectivity index (χ4v) is 3.04. The molecule has 0 bridgehead atoms. The molecule has 1 fully saturated rings. The van der Waals surface area contributed by atoms with Crippen molar-refractivity contribution < 1.29 is 4.39 Å². The normalized spacial score (nSPS) is 18.8. The van der Waals surface area contributed by atoms with Crippen LogP contribution in [0.1, 0.15) is 45.1 Å². The SMILES string of the molecule is CN(c1ccc(C(N)=S)cc1F)C1CCC(C)(C)CC1. The Bertz CT molecular complexity index is 503. The smallest absolute Gasteiger partial charge is 0.147 e. The minimum absolute atomic E-state index is 0.234. The maximum Gasteiger partial charge on any atom is 0.147 e. The predicted octanol–water partition coefficient (Wildman–Crippen LogP) is 3.86. The van der Waals surface area contributed by atoms with Crippen molar-refractivity contribution in [3.63, 3.8) is 0 Å². The van der Waals surface area contributed by atoms with E-state index in [1.807, 2.05) is 7.05 Å². The highest BCUT2D eigenvalue weighted by Crippen LogP contribution is 2.38. The molecular weight excluding hydrogens is 271 g/mol. The van der Waals surface area contributed by atoms with Crippen LogP contribution in [0.15, 0.2) is 18.2 Å². The van der Waals surface area contributed by atoms with Crippen LogP contribution in [0.4, 0.5) is 10.1 Å². The lowest BCUT2D eigenvalue weighted by molar-refractivity contribution is 0.222. The van der Waals surface area contributed by atoms with Crippen LogP contribution in [0.3, 0.4) is 0 Å². The molecule has 2 N–H and O–H groups in total. The molecule has 0 aliphatic heterocycles. The van der Waals surface area contributed by atoms with Crippen LogP contribution in [0, 0.1) is 11.2 Å². The van der Waals surface area contributed by atoms with Gasteiger partial charge in [-0.2, -0.15) is 0 Å². The number of anilines is 1. The van der Waals surface area contributed by atoms with Crippen molar-refractivity contribution >= 4 is 22.9 Å². The molecule has 0 atom stereocenters.